The number of esters is 2. The van der Waals surface area contributed by atoms with Crippen molar-refractivity contribution in [3.63, 3.8) is 0 Å². The molecular weight excluding hydrogens is 626 g/mol. The number of imide groups is 2. The first-order valence-corrected chi connectivity index (χ1v) is 16.6. The van der Waals surface area contributed by atoms with Crippen LogP contribution in [0.3, 0.4) is 0 Å². The average molecular weight is 670 g/mol. The largest absolute Gasteiger partial charge is 0.463 e. The van der Waals surface area contributed by atoms with E-state index >= 15 is 0 Å². The van der Waals surface area contributed by atoms with E-state index in [4.69, 9.17) is 21.1 Å². The van der Waals surface area contributed by atoms with Crippen LogP contribution in [0.4, 0.5) is 10.5 Å². The molecule has 47 heavy (non-hydrogen) atoms. The van der Waals surface area contributed by atoms with Gasteiger partial charge in [-0.1, -0.05) is 113 Å². The Bertz CT molecular complexity index is 1420. The van der Waals surface area contributed by atoms with Gasteiger partial charge in [-0.2, -0.15) is 0 Å². The van der Waals surface area contributed by atoms with Gasteiger partial charge in [-0.15, -0.1) is 0 Å². The van der Waals surface area contributed by atoms with E-state index in [0.29, 0.717) is 9.80 Å². The minimum atomic E-state index is -2.36. The second-order valence-corrected chi connectivity index (χ2v) is 12.1. The van der Waals surface area contributed by atoms with Crippen molar-refractivity contribution in [2.75, 3.05) is 18.5 Å². The van der Waals surface area contributed by atoms with Crippen LogP contribution in [0.15, 0.2) is 54.6 Å². The Balaban J connectivity index is 1.57. The molecule has 1 fully saturated rings. The van der Waals surface area contributed by atoms with E-state index in [1.54, 1.807) is 18.2 Å². The van der Waals surface area contributed by atoms with Crippen LogP contribution >= 0.6 is 11.6 Å². The van der Waals surface area contributed by atoms with Crippen molar-refractivity contribution < 1.29 is 38.2 Å². The second-order valence-electron chi connectivity index (χ2n) is 11.5. The van der Waals surface area contributed by atoms with Crippen LogP contribution in [0, 0.1) is 0 Å². The van der Waals surface area contributed by atoms with E-state index in [2.05, 4.69) is 12.2 Å². The first-order valence-electron chi connectivity index (χ1n) is 16.2. The number of hydrogen-bond acceptors (Lipinski definition) is 8. The van der Waals surface area contributed by atoms with Gasteiger partial charge in [0.05, 0.1) is 12.2 Å². The molecule has 1 aliphatic rings. The number of alkyl halides is 1. The predicted octanol–water partition coefficient (Wildman–Crippen LogP) is 6.54. The lowest BCUT2D eigenvalue weighted by Crippen LogP contribution is -2.53. The molecule has 1 heterocycles. The first-order chi connectivity index (χ1) is 22.5. The maximum Gasteiger partial charge on any atom is 0.347 e. The fourth-order valence-electron chi connectivity index (χ4n) is 5.17. The van der Waals surface area contributed by atoms with Crippen molar-refractivity contribution in [3.8, 4) is 0 Å². The molecule has 0 bridgehead atoms. The van der Waals surface area contributed by atoms with Crippen molar-refractivity contribution in [1.82, 2.24) is 9.80 Å². The zero-order valence-corrected chi connectivity index (χ0v) is 28.1. The summed E-state index contributed by atoms with van der Waals surface area (Å²) in [6.45, 7) is 4.42. The smallest absolute Gasteiger partial charge is 0.347 e. The topological polar surface area (TPSA) is 139 Å². The molecule has 2 aromatic carbocycles. The van der Waals surface area contributed by atoms with E-state index in [0.717, 1.165) is 26.2 Å². The van der Waals surface area contributed by atoms with Crippen molar-refractivity contribution in [2.45, 2.75) is 96.1 Å². The van der Waals surface area contributed by atoms with Crippen LogP contribution in [0.5, 0.6) is 0 Å². The molecule has 2 aromatic rings. The quantitative estimate of drug-likeness (QED) is 0.0621. The summed E-state index contributed by atoms with van der Waals surface area (Å²) in [5, 5.41) is 2.56. The minimum Gasteiger partial charge on any atom is -0.463 e. The summed E-state index contributed by atoms with van der Waals surface area (Å²) < 4.78 is 10.6. The molecule has 1 N–H and O–H groups in total. The monoisotopic (exact) mass is 669 g/mol. The van der Waals surface area contributed by atoms with Gasteiger partial charge >= 0.3 is 18.0 Å². The molecule has 12 heteroatoms. The van der Waals surface area contributed by atoms with Gasteiger partial charge in [-0.3, -0.25) is 19.3 Å². The van der Waals surface area contributed by atoms with Gasteiger partial charge in [0.25, 0.3) is 11.8 Å². The molecule has 0 saturated carbocycles. The normalized spacial score (nSPS) is 14.8. The Kier molecular flexibility index (Phi) is 14.4. The predicted molar refractivity (Wildman–Crippen MR) is 176 cm³/mol. The molecule has 0 aliphatic carbocycles. The van der Waals surface area contributed by atoms with Gasteiger partial charge in [0, 0.05) is 18.2 Å². The van der Waals surface area contributed by atoms with Gasteiger partial charge in [0.1, 0.15) is 6.54 Å². The number of carbonyl (C=O) groups excluding carboxylic acids is 6. The highest BCUT2D eigenvalue weighted by molar-refractivity contribution is 6.39. The number of unbranched alkanes of at least 4 members (excludes halogenated alkanes) is 9. The van der Waals surface area contributed by atoms with Crippen molar-refractivity contribution in [2.24, 2.45) is 0 Å². The van der Waals surface area contributed by atoms with Gasteiger partial charge in [-0.25, -0.2) is 19.3 Å². The fourth-order valence-corrected chi connectivity index (χ4v) is 5.51. The number of halogens is 1. The molecule has 5 amide bonds. The number of nitrogens with one attached hydrogen (secondary N) is 1. The molecule has 2 unspecified atom stereocenters. The molecule has 0 radical (unpaired) electrons. The van der Waals surface area contributed by atoms with E-state index in [1.807, 2.05) is 0 Å². The van der Waals surface area contributed by atoms with E-state index in [-0.39, 0.29) is 23.4 Å². The Morgan fingerprint density at radius 2 is 1.51 bits per heavy atom. The molecule has 0 spiro atoms. The Morgan fingerprint density at radius 3 is 2.11 bits per heavy atom. The van der Waals surface area contributed by atoms with Gasteiger partial charge in [-0.05, 0) is 31.5 Å². The number of ether oxygens (including phenoxy) is 2. The lowest BCUT2D eigenvalue weighted by molar-refractivity contribution is -0.153. The van der Waals surface area contributed by atoms with E-state index < -0.39 is 53.3 Å². The number of rotatable bonds is 18. The number of amides is 5. The third kappa shape index (κ3) is 10.1. The number of benzene rings is 2. The maximum atomic E-state index is 13.7. The summed E-state index contributed by atoms with van der Waals surface area (Å²) in [5.74, 6) is -3.99. The number of hydrogen-bond donors (Lipinski definition) is 1. The Labute approximate surface area is 280 Å². The molecule has 254 valence electrons. The van der Waals surface area contributed by atoms with Crippen molar-refractivity contribution in [3.05, 3.63) is 65.7 Å². The van der Waals surface area contributed by atoms with Gasteiger partial charge < -0.3 is 14.8 Å². The first kappa shape index (κ1) is 37.2. The van der Waals surface area contributed by atoms with Crippen molar-refractivity contribution >= 4 is 53.0 Å². The van der Waals surface area contributed by atoms with Crippen LogP contribution < -0.4 is 5.32 Å². The number of nitrogens with zero attached hydrogens (tertiary/aromatic N) is 2. The zero-order valence-electron chi connectivity index (χ0n) is 27.3. The summed E-state index contributed by atoms with van der Waals surface area (Å²) in [6.07, 6.45) is 10.4. The summed E-state index contributed by atoms with van der Waals surface area (Å²) in [6, 6.07) is 12.4. The van der Waals surface area contributed by atoms with Crippen molar-refractivity contribution in [1.29, 1.82) is 0 Å². The number of carbonyl (C=O) groups is 6. The molecule has 2 atom stereocenters. The lowest BCUT2D eigenvalue weighted by atomic mass is 10.0. The summed E-state index contributed by atoms with van der Waals surface area (Å²) >= 11 is 6.83. The molecule has 1 aliphatic heterocycles. The maximum absolute atomic E-state index is 13.7. The third-order valence-electron chi connectivity index (χ3n) is 7.82. The molecule has 3 rings (SSSR count). The molecule has 1 saturated heterocycles. The highest BCUT2D eigenvalue weighted by Gasteiger charge is 2.55. The van der Waals surface area contributed by atoms with Crippen LogP contribution in [-0.4, -0.2) is 64.7 Å². The third-order valence-corrected chi connectivity index (χ3v) is 8.38. The average Bonchev–Trinajstić information content (AvgIpc) is 3.37. The highest BCUT2D eigenvalue weighted by Crippen LogP contribution is 2.38. The van der Waals surface area contributed by atoms with E-state index in [9.17, 15) is 28.8 Å². The van der Waals surface area contributed by atoms with Crippen LogP contribution in [0.2, 0.25) is 0 Å². The Hall–Kier alpha value is -4.25. The second kappa shape index (κ2) is 18.2. The van der Waals surface area contributed by atoms with Gasteiger partial charge in [0.2, 0.25) is 10.9 Å². The lowest BCUT2D eigenvalue weighted by Gasteiger charge is -2.33. The van der Waals surface area contributed by atoms with Crippen LogP contribution in [-0.2, 0) is 33.6 Å². The number of urea groups is 1. The van der Waals surface area contributed by atoms with Crippen LogP contribution in [0.25, 0.3) is 0 Å². The highest BCUT2D eigenvalue weighted by atomic mass is 35.5. The summed E-state index contributed by atoms with van der Waals surface area (Å²) in [7, 11) is 0. The minimum absolute atomic E-state index is 0.0214. The molecule has 11 nitrogen and oxygen atoms in total. The summed E-state index contributed by atoms with van der Waals surface area (Å²) in [5.41, 5.74) is 0.226. The van der Waals surface area contributed by atoms with Crippen LogP contribution in [0.1, 0.15) is 101 Å². The number of anilines is 1. The fraction of sp³-hybridized carbons (Fsp3) is 0.486. The Morgan fingerprint density at radius 1 is 0.894 bits per heavy atom. The molecular formula is C35H44ClN3O8. The molecule has 0 aromatic heterocycles. The van der Waals surface area contributed by atoms with E-state index in [1.165, 1.54) is 88.3 Å². The summed E-state index contributed by atoms with van der Waals surface area (Å²) in [4.78, 5) is 75.8. The standard InChI is InChI=1S/C35H44ClN3O8/c1-4-5-6-7-8-9-10-11-12-16-22-46-31(42)25(2)47-32(43)27-18-17-21-29(23-27)37-33(44)35(36,28-19-14-13-15-20-28)39-30(41)24-38(26(3)40)34(39)45/h13-15,17-21,23,25H,4-12,16,22,24H2,1-3H3,(H,37,44). The SMILES string of the molecule is CCCCCCCCCCCCOC(=O)C(C)OC(=O)c1cccc(NC(=O)C(Cl)(c2ccccc2)N2C(=O)CN(C(C)=O)C2=O)c1. The zero-order chi connectivity index (χ0) is 34.4. The van der Waals surface area contributed by atoms with Gasteiger partial charge in [0.15, 0.2) is 6.10 Å².